The van der Waals surface area contributed by atoms with Gasteiger partial charge in [0.15, 0.2) is 0 Å². The summed E-state index contributed by atoms with van der Waals surface area (Å²) >= 11 is 0. The van der Waals surface area contributed by atoms with Crippen LogP contribution in [0, 0.1) is 15.9 Å². The van der Waals surface area contributed by atoms with Gasteiger partial charge in [-0.3, -0.25) is 14.9 Å². The molecule has 0 atom stereocenters. The second kappa shape index (κ2) is 8.68. The molecule has 3 aromatic carbocycles. The summed E-state index contributed by atoms with van der Waals surface area (Å²) in [5, 5.41) is 18.0. The summed E-state index contributed by atoms with van der Waals surface area (Å²) in [7, 11) is 1.54. The minimum Gasteiger partial charge on any atom is -0.497 e. The minimum atomic E-state index is -0.588. The lowest BCUT2D eigenvalue weighted by molar-refractivity contribution is -0.384. The Morgan fingerprint density at radius 3 is 2.50 bits per heavy atom. The fraction of sp³-hybridized carbons (Fsp3) is 0.0435. The smallest absolute Gasteiger partial charge is 0.274 e. The van der Waals surface area contributed by atoms with Crippen molar-refractivity contribution in [3.63, 3.8) is 0 Å². The summed E-state index contributed by atoms with van der Waals surface area (Å²) in [5.74, 6) is -0.546. The molecule has 0 spiro atoms. The summed E-state index contributed by atoms with van der Waals surface area (Å²) in [6.07, 6.45) is 0. The number of carbonyl (C=O) groups is 1. The van der Waals surface area contributed by atoms with Crippen LogP contribution in [0.15, 0.2) is 78.9 Å². The number of amides is 1. The molecule has 0 aliphatic rings. The van der Waals surface area contributed by atoms with Crippen LogP contribution in [0.3, 0.4) is 0 Å². The molecule has 0 saturated carbocycles. The van der Waals surface area contributed by atoms with Crippen LogP contribution >= 0.6 is 0 Å². The number of nitro groups is 1. The largest absolute Gasteiger partial charge is 0.497 e. The molecular formula is C23H17FN4O4. The van der Waals surface area contributed by atoms with E-state index in [2.05, 4.69) is 10.4 Å². The van der Waals surface area contributed by atoms with Crippen LogP contribution in [0.4, 0.5) is 15.8 Å². The fourth-order valence-electron chi connectivity index (χ4n) is 3.13. The lowest BCUT2D eigenvalue weighted by atomic mass is 10.1. The number of carbonyl (C=O) groups excluding carboxylic acids is 1. The SMILES string of the molecule is COc1cccc(-c2cc(C(=O)Nc3ccccc3F)n(-c3ccc([N+](=O)[O-])cc3)n2)c1. The zero-order chi connectivity index (χ0) is 22.7. The topological polar surface area (TPSA) is 99.3 Å². The molecule has 0 aliphatic carbocycles. The summed E-state index contributed by atoms with van der Waals surface area (Å²) in [4.78, 5) is 23.5. The van der Waals surface area contributed by atoms with Crippen molar-refractivity contribution in [2.24, 2.45) is 0 Å². The van der Waals surface area contributed by atoms with Crippen LogP contribution in [0.2, 0.25) is 0 Å². The van der Waals surface area contributed by atoms with Gasteiger partial charge in [-0.1, -0.05) is 24.3 Å². The highest BCUT2D eigenvalue weighted by atomic mass is 19.1. The molecule has 160 valence electrons. The number of hydrogen-bond donors (Lipinski definition) is 1. The Morgan fingerprint density at radius 2 is 1.81 bits per heavy atom. The number of ether oxygens (including phenoxy) is 1. The van der Waals surface area contributed by atoms with Crippen molar-refractivity contribution in [3.8, 4) is 22.7 Å². The number of non-ortho nitro benzene ring substituents is 1. The van der Waals surface area contributed by atoms with Crippen LogP contribution in [0.25, 0.3) is 16.9 Å². The maximum atomic E-state index is 14.0. The van der Waals surface area contributed by atoms with E-state index >= 15 is 0 Å². The van der Waals surface area contributed by atoms with Gasteiger partial charge in [0.2, 0.25) is 0 Å². The van der Waals surface area contributed by atoms with Crippen molar-refractivity contribution in [2.45, 2.75) is 0 Å². The molecule has 4 aromatic rings. The van der Waals surface area contributed by atoms with E-state index in [4.69, 9.17) is 4.74 Å². The fourth-order valence-corrected chi connectivity index (χ4v) is 3.13. The van der Waals surface area contributed by atoms with Crippen molar-refractivity contribution in [1.82, 2.24) is 9.78 Å². The van der Waals surface area contributed by atoms with Gasteiger partial charge in [-0.05, 0) is 42.5 Å². The Kier molecular flexibility index (Phi) is 5.63. The predicted octanol–water partition coefficient (Wildman–Crippen LogP) is 4.85. The summed E-state index contributed by atoms with van der Waals surface area (Å²) in [6, 6.07) is 20.1. The zero-order valence-electron chi connectivity index (χ0n) is 16.9. The molecule has 1 heterocycles. The highest BCUT2D eigenvalue weighted by Gasteiger charge is 2.20. The molecule has 0 saturated heterocycles. The molecule has 1 N–H and O–H groups in total. The van der Waals surface area contributed by atoms with Crippen molar-refractivity contribution < 1.29 is 18.8 Å². The monoisotopic (exact) mass is 432 g/mol. The molecule has 0 radical (unpaired) electrons. The maximum absolute atomic E-state index is 14.0. The number of halogens is 1. The molecule has 0 aliphatic heterocycles. The number of hydrogen-bond acceptors (Lipinski definition) is 5. The number of anilines is 1. The van der Waals surface area contributed by atoms with Gasteiger partial charge in [-0.15, -0.1) is 0 Å². The molecule has 8 nitrogen and oxygen atoms in total. The van der Waals surface area contributed by atoms with Crippen LogP contribution in [0.1, 0.15) is 10.5 Å². The van der Waals surface area contributed by atoms with Gasteiger partial charge in [0.25, 0.3) is 11.6 Å². The number of rotatable bonds is 6. The van der Waals surface area contributed by atoms with E-state index in [9.17, 15) is 19.3 Å². The Bertz CT molecular complexity index is 1300. The molecule has 32 heavy (non-hydrogen) atoms. The number of para-hydroxylation sites is 1. The quantitative estimate of drug-likeness (QED) is 0.347. The van der Waals surface area contributed by atoms with E-state index < -0.39 is 16.6 Å². The predicted molar refractivity (Wildman–Crippen MR) is 117 cm³/mol. The Balaban J connectivity index is 1.79. The standard InChI is InChI=1S/C23H17FN4O4/c1-32-18-6-4-5-15(13-18)21-14-22(23(29)25-20-8-3-2-7-19(20)24)27(26-21)16-9-11-17(12-10-16)28(30)31/h2-14H,1H3,(H,25,29). The number of aromatic nitrogens is 2. The lowest BCUT2D eigenvalue weighted by Gasteiger charge is -2.09. The van der Waals surface area contributed by atoms with Gasteiger partial charge in [0.05, 0.1) is 29.1 Å². The van der Waals surface area contributed by atoms with Gasteiger partial charge in [-0.25, -0.2) is 9.07 Å². The first-order chi connectivity index (χ1) is 15.5. The minimum absolute atomic E-state index is 0.0249. The van der Waals surface area contributed by atoms with Crippen LogP contribution in [0.5, 0.6) is 5.75 Å². The molecule has 0 bridgehead atoms. The van der Waals surface area contributed by atoms with Gasteiger partial charge >= 0.3 is 0 Å². The molecule has 0 fully saturated rings. The number of nitrogens with one attached hydrogen (secondary N) is 1. The van der Waals surface area contributed by atoms with Gasteiger partial charge < -0.3 is 10.1 Å². The van der Waals surface area contributed by atoms with Crippen LogP contribution in [-0.2, 0) is 0 Å². The normalized spacial score (nSPS) is 10.6. The number of benzene rings is 3. The van der Waals surface area contributed by atoms with Crippen molar-refractivity contribution in [1.29, 1.82) is 0 Å². The number of nitrogens with zero attached hydrogens (tertiary/aromatic N) is 3. The highest BCUT2D eigenvalue weighted by Crippen LogP contribution is 2.26. The average molecular weight is 432 g/mol. The average Bonchev–Trinajstić information content (AvgIpc) is 3.26. The summed E-state index contributed by atoms with van der Waals surface area (Å²) in [6.45, 7) is 0. The number of nitro benzene ring substituents is 1. The van der Waals surface area contributed by atoms with Gasteiger partial charge in [0.1, 0.15) is 17.3 Å². The Morgan fingerprint density at radius 1 is 1.06 bits per heavy atom. The summed E-state index contributed by atoms with van der Waals surface area (Å²) < 4.78 is 20.7. The van der Waals surface area contributed by atoms with E-state index in [1.54, 1.807) is 37.4 Å². The molecule has 4 rings (SSSR count). The molecular weight excluding hydrogens is 415 g/mol. The highest BCUT2D eigenvalue weighted by molar-refractivity contribution is 6.04. The first-order valence-corrected chi connectivity index (χ1v) is 9.51. The molecule has 1 aromatic heterocycles. The van der Waals surface area contributed by atoms with Crippen LogP contribution < -0.4 is 10.1 Å². The second-order valence-electron chi connectivity index (χ2n) is 6.77. The second-order valence-corrected chi connectivity index (χ2v) is 6.77. The first-order valence-electron chi connectivity index (χ1n) is 9.51. The van der Waals surface area contributed by atoms with Crippen molar-refractivity contribution in [2.75, 3.05) is 12.4 Å². The Hall–Kier alpha value is -4.53. The van der Waals surface area contributed by atoms with Gasteiger partial charge in [0, 0.05) is 17.7 Å². The molecule has 0 unspecified atom stereocenters. The molecule has 9 heteroatoms. The van der Waals surface area contributed by atoms with E-state index in [0.717, 1.165) is 0 Å². The summed E-state index contributed by atoms with van der Waals surface area (Å²) in [5.41, 5.74) is 1.66. The third-order valence-corrected chi connectivity index (χ3v) is 4.73. The number of methoxy groups -OCH3 is 1. The van der Waals surface area contributed by atoms with Crippen molar-refractivity contribution in [3.05, 3.63) is 100 Å². The van der Waals surface area contributed by atoms with Crippen molar-refractivity contribution >= 4 is 17.3 Å². The molecule has 1 amide bonds. The maximum Gasteiger partial charge on any atom is 0.274 e. The lowest BCUT2D eigenvalue weighted by Crippen LogP contribution is -2.17. The van der Waals surface area contributed by atoms with Crippen LogP contribution in [-0.4, -0.2) is 27.7 Å². The van der Waals surface area contributed by atoms with Gasteiger partial charge in [-0.2, -0.15) is 5.10 Å². The van der Waals surface area contributed by atoms with E-state index in [0.29, 0.717) is 22.7 Å². The third kappa shape index (κ3) is 4.17. The third-order valence-electron chi connectivity index (χ3n) is 4.73. The Labute approximate surface area is 182 Å². The first kappa shape index (κ1) is 20.7. The van der Waals surface area contributed by atoms with E-state index in [1.807, 2.05) is 6.07 Å². The zero-order valence-corrected chi connectivity index (χ0v) is 16.9. The van der Waals surface area contributed by atoms with E-state index in [-0.39, 0.29) is 17.1 Å². The van der Waals surface area contributed by atoms with E-state index in [1.165, 1.54) is 47.1 Å².